The first-order chi connectivity index (χ1) is 13.6. The fourth-order valence-electron chi connectivity index (χ4n) is 2.67. The van der Waals surface area contributed by atoms with Crippen LogP contribution >= 0.6 is 12.2 Å². The first-order valence-corrected chi connectivity index (χ1v) is 9.04. The van der Waals surface area contributed by atoms with Crippen LogP contribution in [-0.4, -0.2) is 23.9 Å². The van der Waals surface area contributed by atoms with E-state index >= 15 is 0 Å². The van der Waals surface area contributed by atoms with Crippen LogP contribution in [0, 0.1) is 0 Å². The largest absolute Gasteiger partial charge is 0.494 e. The minimum atomic E-state index is -0.477. The normalized spacial score (nSPS) is 10.8. The van der Waals surface area contributed by atoms with E-state index in [0.717, 1.165) is 10.8 Å². The number of nitrogens with one attached hydrogen (secondary N) is 1. The summed E-state index contributed by atoms with van der Waals surface area (Å²) < 4.78 is 11.0. The number of ether oxygens (including phenoxy) is 2. The first-order valence-electron chi connectivity index (χ1n) is 8.63. The van der Waals surface area contributed by atoms with Crippen molar-refractivity contribution >= 4 is 40.3 Å². The van der Waals surface area contributed by atoms with Crippen LogP contribution < -0.4 is 20.6 Å². The van der Waals surface area contributed by atoms with Gasteiger partial charge in [0.2, 0.25) is 0 Å². The summed E-state index contributed by atoms with van der Waals surface area (Å²) in [7, 11) is 0. The highest BCUT2D eigenvalue weighted by molar-refractivity contribution is 7.80. The van der Waals surface area contributed by atoms with Crippen molar-refractivity contribution in [3.8, 4) is 11.5 Å². The van der Waals surface area contributed by atoms with Gasteiger partial charge in [-0.1, -0.05) is 30.3 Å². The van der Waals surface area contributed by atoms with Gasteiger partial charge in [0.05, 0.1) is 18.4 Å². The number of benzene rings is 3. The lowest BCUT2D eigenvalue weighted by Gasteiger charge is -2.11. The Labute approximate surface area is 167 Å². The number of nitrogens with zero attached hydrogens (tertiary/aromatic N) is 1. The molecule has 0 aliphatic heterocycles. The Balaban J connectivity index is 1.91. The van der Waals surface area contributed by atoms with Crippen LogP contribution in [0.1, 0.15) is 22.8 Å². The van der Waals surface area contributed by atoms with Crippen molar-refractivity contribution in [1.82, 2.24) is 5.43 Å². The van der Waals surface area contributed by atoms with Crippen LogP contribution in [0.2, 0.25) is 0 Å². The van der Waals surface area contributed by atoms with Crippen LogP contribution in [0.15, 0.2) is 65.8 Å². The van der Waals surface area contributed by atoms with Crippen molar-refractivity contribution in [3.05, 3.63) is 71.8 Å². The molecule has 6 nitrogen and oxygen atoms in total. The van der Waals surface area contributed by atoms with Gasteiger partial charge in [0, 0.05) is 5.56 Å². The van der Waals surface area contributed by atoms with Gasteiger partial charge in [0.15, 0.2) is 5.11 Å². The Morgan fingerprint density at radius 3 is 2.61 bits per heavy atom. The van der Waals surface area contributed by atoms with Gasteiger partial charge in [-0.3, -0.25) is 5.43 Å². The summed E-state index contributed by atoms with van der Waals surface area (Å²) >= 11 is 4.76. The molecule has 0 radical (unpaired) electrons. The monoisotopic (exact) mass is 393 g/mol. The molecule has 0 unspecified atom stereocenters. The number of carbonyl (C=O) groups is 1. The molecule has 3 aromatic carbocycles. The number of carbonyl (C=O) groups excluding carboxylic acids is 1. The Kier molecular flexibility index (Phi) is 6.18. The van der Waals surface area contributed by atoms with Crippen LogP contribution in [0.3, 0.4) is 0 Å². The Morgan fingerprint density at radius 1 is 1.14 bits per heavy atom. The zero-order valence-corrected chi connectivity index (χ0v) is 16.0. The number of thiocarbonyl (C=S) groups is 1. The number of fused-ring (bicyclic) bond motifs is 1. The molecule has 3 aromatic rings. The average molecular weight is 393 g/mol. The van der Waals surface area contributed by atoms with Gasteiger partial charge in [-0.2, -0.15) is 5.10 Å². The fourth-order valence-corrected chi connectivity index (χ4v) is 2.72. The Morgan fingerprint density at radius 2 is 1.89 bits per heavy atom. The summed E-state index contributed by atoms with van der Waals surface area (Å²) in [6, 6.07) is 18.1. The number of hydrogen-bond acceptors (Lipinski definition) is 5. The second kappa shape index (κ2) is 8.96. The maximum Gasteiger partial charge on any atom is 0.343 e. The molecule has 28 heavy (non-hydrogen) atoms. The molecule has 0 spiro atoms. The minimum absolute atomic E-state index is 0.0458. The van der Waals surface area contributed by atoms with Gasteiger partial charge in [-0.15, -0.1) is 0 Å². The van der Waals surface area contributed by atoms with Crippen LogP contribution in [0.25, 0.3) is 10.8 Å². The second-order valence-corrected chi connectivity index (χ2v) is 6.22. The molecule has 0 fully saturated rings. The number of nitrogens with two attached hydrogens (primary N) is 1. The Bertz CT molecular complexity index is 1030. The number of hydrogen-bond donors (Lipinski definition) is 2. The van der Waals surface area contributed by atoms with Crippen molar-refractivity contribution in [2.45, 2.75) is 6.92 Å². The maximum atomic E-state index is 12.6. The van der Waals surface area contributed by atoms with Crippen molar-refractivity contribution in [1.29, 1.82) is 0 Å². The van der Waals surface area contributed by atoms with E-state index in [1.54, 1.807) is 30.3 Å². The zero-order valence-electron chi connectivity index (χ0n) is 15.2. The molecule has 0 amide bonds. The van der Waals surface area contributed by atoms with E-state index in [1.807, 2.05) is 37.3 Å². The SMILES string of the molecule is CCOc1ccc(C(=O)Oc2ccc3ccccc3c2C=NNC(N)=S)cc1. The van der Waals surface area contributed by atoms with Gasteiger partial charge >= 0.3 is 5.97 Å². The highest BCUT2D eigenvalue weighted by Crippen LogP contribution is 2.27. The third-order valence-corrected chi connectivity index (χ3v) is 3.99. The van der Waals surface area contributed by atoms with E-state index < -0.39 is 5.97 Å². The quantitative estimate of drug-likeness (QED) is 0.219. The molecular weight excluding hydrogens is 374 g/mol. The van der Waals surface area contributed by atoms with E-state index in [4.69, 9.17) is 27.4 Å². The molecule has 7 heteroatoms. The van der Waals surface area contributed by atoms with Gasteiger partial charge in [0.1, 0.15) is 11.5 Å². The topological polar surface area (TPSA) is 85.9 Å². The molecule has 0 saturated heterocycles. The fraction of sp³-hybridized carbons (Fsp3) is 0.0952. The van der Waals surface area contributed by atoms with Crippen molar-refractivity contribution in [3.63, 3.8) is 0 Å². The van der Waals surface area contributed by atoms with Crippen LogP contribution in [-0.2, 0) is 0 Å². The molecule has 0 saturated carbocycles. The summed E-state index contributed by atoms with van der Waals surface area (Å²) in [6.45, 7) is 2.46. The maximum absolute atomic E-state index is 12.6. The molecule has 3 N–H and O–H groups in total. The van der Waals surface area contributed by atoms with E-state index in [0.29, 0.717) is 29.2 Å². The minimum Gasteiger partial charge on any atom is -0.494 e. The summed E-state index contributed by atoms with van der Waals surface area (Å²) in [5.74, 6) is 0.600. The molecule has 3 rings (SSSR count). The van der Waals surface area contributed by atoms with Crippen LogP contribution in [0.4, 0.5) is 0 Å². The third-order valence-electron chi connectivity index (χ3n) is 3.90. The lowest BCUT2D eigenvalue weighted by molar-refractivity contribution is 0.0734. The standard InChI is InChI=1S/C21H19N3O3S/c1-2-26-16-10-7-15(8-11-16)20(25)27-19-12-9-14-5-3-4-6-17(14)18(19)13-23-24-21(22)28/h3-13H,2H2,1H3,(H3,22,24,28). The third kappa shape index (κ3) is 4.63. The molecule has 0 aromatic heterocycles. The summed E-state index contributed by atoms with van der Waals surface area (Å²) in [5.41, 5.74) is 8.98. The van der Waals surface area contributed by atoms with Gasteiger partial charge < -0.3 is 15.2 Å². The number of rotatable bonds is 6. The van der Waals surface area contributed by atoms with E-state index in [1.165, 1.54) is 6.21 Å². The molecule has 142 valence electrons. The summed E-state index contributed by atoms with van der Waals surface area (Å²) in [5, 5.41) is 5.93. The highest BCUT2D eigenvalue weighted by Gasteiger charge is 2.13. The van der Waals surface area contributed by atoms with Gasteiger partial charge in [-0.25, -0.2) is 4.79 Å². The van der Waals surface area contributed by atoms with Gasteiger partial charge in [-0.05, 0) is 60.2 Å². The van der Waals surface area contributed by atoms with E-state index in [9.17, 15) is 4.79 Å². The number of esters is 1. The van der Waals surface area contributed by atoms with Crippen molar-refractivity contribution in [2.75, 3.05) is 6.61 Å². The molecule has 0 bridgehead atoms. The molecule has 0 aliphatic rings. The predicted octanol–water partition coefficient (Wildman–Crippen LogP) is 3.62. The van der Waals surface area contributed by atoms with Gasteiger partial charge in [0.25, 0.3) is 0 Å². The van der Waals surface area contributed by atoms with Crippen molar-refractivity contribution < 1.29 is 14.3 Å². The van der Waals surface area contributed by atoms with Crippen LogP contribution in [0.5, 0.6) is 11.5 Å². The summed E-state index contributed by atoms with van der Waals surface area (Å²) in [6.07, 6.45) is 1.53. The van der Waals surface area contributed by atoms with Crippen molar-refractivity contribution in [2.24, 2.45) is 10.8 Å². The molecular formula is C21H19N3O3S. The van der Waals surface area contributed by atoms with E-state index in [-0.39, 0.29) is 5.11 Å². The smallest absolute Gasteiger partial charge is 0.343 e. The van der Waals surface area contributed by atoms with E-state index in [2.05, 4.69) is 10.5 Å². The lowest BCUT2D eigenvalue weighted by atomic mass is 10.0. The predicted molar refractivity (Wildman–Crippen MR) is 114 cm³/mol. The highest BCUT2D eigenvalue weighted by atomic mass is 32.1. The zero-order chi connectivity index (χ0) is 19.9. The number of hydrazone groups is 1. The summed E-state index contributed by atoms with van der Waals surface area (Å²) in [4.78, 5) is 12.6. The lowest BCUT2D eigenvalue weighted by Crippen LogP contribution is -2.24. The molecule has 0 aliphatic carbocycles. The Hall–Kier alpha value is -3.45. The average Bonchev–Trinajstić information content (AvgIpc) is 2.70. The molecule has 0 atom stereocenters. The first kappa shape index (κ1) is 19.3. The molecule has 0 heterocycles. The second-order valence-electron chi connectivity index (χ2n) is 5.78.